The van der Waals surface area contributed by atoms with Crippen molar-refractivity contribution < 1.29 is 14.4 Å². The van der Waals surface area contributed by atoms with E-state index >= 15 is 0 Å². The molecule has 1 saturated carbocycles. The fourth-order valence-electron chi connectivity index (χ4n) is 3.72. The minimum Gasteiger partial charge on any atom is -0.272 e. The maximum absolute atomic E-state index is 12.5. The van der Waals surface area contributed by atoms with Crippen LogP contribution < -0.4 is 0 Å². The minimum atomic E-state index is -0.438. The lowest BCUT2D eigenvalue weighted by Gasteiger charge is -2.32. The molecule has 6 nitrogen and oxygen atoms in total. The number of nitrogens with zero attached hydrogens (tertiary/aromatic N) is 3. The van der Waals surface area contributed by atoms with Crippen LogP contribution in [-0.2, 0) is 14.4 Å². The van der Waals surface area contributed by atoms with Gasteiger partial charge in [0.15, 0.2) is 6.35 Å². The van der Waals surface area contributed by atoms with Crippen LogP contribution in [-0.4, -0.2) is 61.2 Å². The van der Waals surface area contributed by atoms with E-state index in [1.807, 2.05) is 38.0 Å². The van der Waals surface area contributed by atoms with Crippen molar-refractivity contribution in [3.8, 4) is 0 Å². The first-order valence-corrected chi connectivity index (χ1v) is 6.97. The number of carbonyl (C=O) groups excluding carboxylic acids is 2. The third-order valence-electron chi connectivity index (χ3n) is 4.51. The van der Waals surface area contributed by atoms with Gasteiger partial charge in [-0.1, -0.05) is 12.2 Å². The van der Waals surface area contributed by atoms with Gasteiger partial charge in [-0.3, -0.25) is 19.4 Å². The average molecular weight is 279 g/mol. The van der Waals surface area contributed by atoms with Gasteiger partial charge < -0.3 is 0 Å². The summed E-state index contributed by atoms with van der Waals surface area (Å²) in [5.74, 6) is -0.333. The number of fused-ring (bicyclic) bond motifs is 5. The highest BCUT2D eigenvalue weighted by Crippen LogP contribution is 2.52. The summed E-state index contributed by atoms with van der Waals surface area (Å²) in [6.45, 7) is 0. The highest BCUT2D eigenvalue weighted by atomic mass is 16.7. The van der Waals surface area contributed by atoms with Crippen molar-refractivity contribution >= 4 is 11.8 Å². The number of hydroxylamine groups is 2. The van der Waals surface area contributed by atoms with Gasteiger partial charge in [-0.25, -0.2) is 4.84 Å². The summed E-state index contributed by atoms with van der Waals surface area (Å²) in [6, 6.07) is 0. The van der Waals surface area contributed by atoms with Crippen molar-refractivity contribution in [1.29, 1.82) is 0 Å². The van der Waals surface area contributed by atoms with Crippen LogP contribution in [0.5, 0.6) is 0 Å². The van der Waals surface area contributed by atoms with E-state index in [4.69, 9.17) is 4.84 Å². The van der Waals surface area contributed by atoms with Crippen LogP contribution in [0, 0.1) is 23.7 Å². The Morgan fingerprint density at radius 1 is 1.05 bits per heavy atom. The third kappa shape index (κ3) is 1.82. The third-order valence-corrected chi connectivity index (χ3v) is 4.51. The fraction of sp³-hybridized carbons (Fsp3) is 0.714. The lowest BCUT2D eigenvalue weighted by molar-refractivity contribution is -0.252. The molecule has 2 amide bonds. The van der Waals surface area contributed by atoms with E-state index in [0.717, 1.165) is 11.5 Å². The summed E-state index contributed by atoms with van der Waals surface area (Å²) in [6.07, 6.45) is 4.66. The Balaban J connectivity index is 1.79. The Morgan fingerprint density at radius 2 is 1.50 bits per heavy atom. The van der Waals surface area contributed by atoms with E-state index in [9.17, 15) is 9.59 Å². The van der Waals surface area contributed by atoms with E-state index in [-0.39, 0.29) is 35.5 Å². The lowest BCUT2D eigenvalue weighted by atomic mass is 9.85. The predicted octanol–water partition coefficient (Wildman–Crippen LogP) is 0.132. The molecule has 20 heavy (non-hydrogen) atoms. The maximum Gasteiger partial charge on any atom is 0.258 e. The normalized spacial score (nSPS) is 35.2. The van der Waals surface area contributed by atoms with Gasteiger partial charge in [-0.05, 0) is 46.4 Å². The van der Waals surface area contributed by atoms with Gasteiger partial charge in [-0.15, -0.1) is 5.06 Å². The Bertz CT molecular complexity index is 436. The molecule has 2 fully saturated rings. The van der Waals surface area contributed by atoms with Crippen molar-refractivity contribution in [3.63, 3.8) is 0 Å². The Morgan fingerprint density at radius 3 is 1.90 bits per heavy atom. The quantitative estimate of drug-likeness (QED) is 0.416. The van der Waals surface area contributed by atoms with E-state index in [1.165, 1.54) is 0 Å². The molecule has 0 N–H and O–H groups in total. The average Bonchev–Trinajstić information content (AvgIpc) is 3.02. The second-order valence-corrected chi connectivity index (χ2v) is 6.33. The molecule has 3 rings (SSSR count). The summed E-state index contributed by atoms with van der Waals surface area (Å²) in [5, 5.41) is 1.01. The zero-order valence-corrected chi connectivity index (χ0v) is 12.3. The highest BCUT2D eigenvalue weighted by Gasteiger charge is 2.60. The largest absolute Gasteiger partial charge is 0.272 e. The summed E-state index contributed by atoms with van der Waals surface area (Å²) < 4.78 is 0. The summed E-state index contributed by atoms with van der Waals surface area (Å²) >= 11 is 0. The molecule has 0 radical (unpaired) electrons. The first kappa shape index (κ1) is 13.7. The molecule has 1 aliphatic heterocycles. The predicted molar refractivity (Wildman–Crippen MR) is 71.8 cm³/mol. The molecule has 0 aromatic rings. The zero-order valence-electron chi connectivity index (χ0n) is 12.3. The summed E-state index contributed by atoms with van der Waals surface area (Å²) in [5.41, 5.74) is 0. The smallest absolute Gasteiger partial charge is 0.258 e. The molecule has 1 heterocycles. The van der Waals surface area contributed by atoms with Crippen LogP contribution >= 0.6 is 0 Å². The van der Waals surface area contributed by atoms with Crippen LogP contribution in [0.1, 0.15) is 6.42 Å². The van der Waals surface area contributed by atoms with Crippen LogP contribution in [0.15, 0.2) is 12.2 Å². The van der Waals surface area contributed by atoms with Crippen LogP contribution in [0.2, 0.25) is 0 Å². The molecule has 6 heteroatoms. The van der Waals surface area contributed by atoms with Gasteiger partial charge in [0.05, 0.1) is 11.8 Å². The zero-order chi connectivity index (χ0) is 14.6. The van der Waals surface area contributed by atoms with Crippen molar-refractivity contribution in [2.45, 2.75) is 12.8 Å². The first-order valence-electron chi connectivity index (χ1n) is 6.97. The molecule has 4 atom stereocenters. The van der Waals surface area contributed by atoms with Crippen molar-refractivity contribution in [2.75, 3.05) is 28.2 Å². The van der Waals surface area contributed by atoms with Crippen LogP contribution in [0.4, 0.5) is 0 Å². The lowest BCUT2D eigenvalue weighted by Crippen LogP contribution is -2.49. The molecular weight excluding hydrogens is 258 g/mol. The number of allylic oxidation sites excluding steroid dienone is 2. The van der Waals surface area contributed by atoms with Gasteiger partial charge in [0.25, 0.3) is 11.8 Å². The maximum atomic E-state index is 12.5. The molecule has 0 aromatic carbocycles. The molecule has 0 aromatic heterocycles. The number of imide groups is 1. The van der Waals surface area contributed by atoms with E-state index < -0.39 is 6.35 Å². The molecule has 2 aliphatic carbocycles. The molecule has 2 bridgehead atoms. The number of amides is 2. The van der Waals surface area contributed by atoms with Crippen molar-refractivity contribution in [1.82, 2.24) is 14.9 Å². The molecular formula is C14H21N3O3. The molecule has 110 valence electrons. The SMILES string of the molecule is CN(C)C(ON1C(=O)C2C3C=CC(C3)C2C1=O)N(C)C. The van der Waals surface area contributed by atoms with Crippen LogP contribution in [0.3, 0.4) is 0 Å². The number of hydrogen-bond donors (Lipinski definition) is 0. The number of hydrogen-bond acceptors (Lipinski definition) is 5. The Hall–Kier alpha value is -1.24. The second-order valence-electron chi connectivity index (χ2n) is 6.33. The summed E-state index contributed by atoms with van der Waals surface area (Å²) in [4.78, 5) is 34.3. The van der Waals surface area contributed by atoms with E-state index in [2.05, 4.69) is 12.2 Å². The number of rotatable bonds is 4. The summed E-state index contributed by atoms with van der Waals surface area (Å²) in [7, 11) is 7.40. The van der Waals surface area contributed by atoms with Gasteiger partial charge in [0.2, 0.25) is 0 Å². The van der Waals surface area contributed by atoms with Gasteiger partial charge >= 0.3 is 0 Å². The van der Waals surface area contributed by atoms with Gasteiger partial charge in [-0.2, -0.15) is 0 Å². The van der Waals surface area contributed by atoms with Crippen molar-refractivity contribution in [2.24, 2.45) is 23.7 Å². The van der Waals surface area contributed by atoms with E-state index in [0.29, 0.717) is 0 Å². The Labute approximate surface area is 118 Å². The van der Waals surface area contributed by atoms with E-state index in [1.54, 1.807) is 0 Å². The monoisotopic (exact) mass is 279 g/mol. The topological polar surface area (TPSA) is 53.1 Å². The molecule has 1 saturated heterocycles. The fourth-order valence-corrected chi connectivity index (χ4v) is 3.72. The number of carbonyl (C=O) groups is 2. The van der Waals surface area contributed by atoms with Gasteiger partial charge in [0.1, 0.15) is 0 Å². The molecule has 3 aliphatic rings. The van der Waals surface area contributed by atoms with Gasteiger partial charge in [0, 0.05) is 0 Å². The highest BCUT2D eigenvalue weighted by molar-refractivity contribution is 6.05. The molecule has 4 unspecified atom stereocenters. The minimum absolute atomic E-state index is 0.175. The Kier molecular flexibility index (Phi) is 3.19. The second kappa shape index (κ2) is 4.65. The van der Waals surface area contributed by atoms with Crippen molar-refractivity contribution in [3.05, 3.63) is 12.2 Å². The standard InChI is InChI=1S/C14H21N3O3/c1-15(2)14(16(3)4)20-17-12(18)10-8-5-6-9(7-8)11(10)13(17)19/h5-6,8-11,14H,7H2,1-4H3. The first-order chi connectivity index (χ1) is 9.41. The van der Waals surface area contributed by atoms with Crippen LogP contribution in [0.25, 0.3) is 0 Å². The molecule has 0 spiro atoms.